The van der Waals surface area contributed by atoms with Gasteiger partial charge in [0.25, 0.3) is 0 Å². The van der Waals surface area contributed by atoms with Crippen LogP contribution >= 0.6 is 0 Å². The zero-order chi connectivity index (χ0) is 15.4. The summed E-state index contributed by atoms with van der Waals surface area (Å²) >= 11 is 0. The molecule has 1 heterocycles. The van der Waals surface area contributed by atoms with Crippen molar-refractivity contribution in [2.75, 3.05) is 0 Å². The molecule has 0 saturated heterocycles. The molecule has 0 radical (unpaired) electrons. The van der Waals surface area contributed by atoms with Crippen molar-refractivity contribution in [2.45, 2.75) is 13.3 Å². The van der Waals surface area contributed by atoms with Gasteiger partial charge in [0.2, 0.25) is 5.89 Å². The number of nitriles is 1. The number of oxazole rings is 1. The third-order valence-corrected chi connectivity index (χ3v) is 3.22. The van der Waals surface area contributed by atoms with Crippen LogP contribution in [0.2, 0.25) is 0 Å². The highest BCUT2D eigenvalue weighted by molar-refractivity contribution is 5.55. The number of hydrogen-bond donors (Lipinski definition) is 0. The number of para-hydroxylation sites is 1. The van der Waals surface area contributed by atoms with Crippen LogP contribution in [-0.4, -0.2) is 4.98 Å². The molecule has 0 spiro atoms. The predicted molar refractivity (Wildman–Crippen MR) is 82.5 cm³/mol. The van der Waals surface area contributed by atoms with E-state index in [4.69, 9.17) is 14.4 Å². The van der Waals surface area contributed by atoms with Crippen molar-refractivity contribution in [1.82, 2.24) is 4.98 Å². The lowest BCUT2D eigenvalue weighted by Crippen LogP contribution is -1.85. The Labute approximate surface area is 128 Å². The van der Waals surface area contributed by atoms with Gasteiger partial charge in [-0.25, -0.2) is 4.98 Å². The van der Waals surface area contributed by atoms with Crippen LogP contribution in [0, 0.1) is 18.3 Å². The summed E-state index contributed by atoms with van der Waals surface area (Å²) in [5.41, 5.74) is 1.54. The lowest BCUT2D eigenvalue weighted by atomic mass is 10.2. The van der Waals surface area contributed by atoms with E-state index in [1.807, 2.05) is 61.5 Å². The second kappa shape index (κ2) is 6.15. The minimum absolute atomic E-state index is 0.254. The summed E-state index contributed by atoms with van der Waals surface area (Å²) in [4.78, 5) is 4.35. The summed E-state index contributed by atoms with van der Waals surface area (Å²) in [6.07, 6.45) is 0.254. The number of rotatable bonds is 4. The van der Waals surface area contributed by atoms with Gasteiger partial charge >= 0.3 is 0 Å². The van der Waals surface area contributed by atoms with Crippen LogP contribution in [0.1, 0.15) is 11.5 Å². The Bertz CT molecular complexity index is 799. The van der Waals surface area contributed by atoms with Crippen molar-refractivity contribution in [1.29, 1.82) is 5.26 Å². The lowest BCUT2D eigenvalue weighted by molar-refractivity contribution is 0.482. The molecule has 1 aromatic heterocycles. The van der Waals surface area contributed by atoms with Gasteiger partial charge in [0.15, 0.2) is 0 Å². The second-order valence-corrected chi connectivity index (χ2v) is 4.80. The summed E-state index contributed by atoms with van der Waals surface area (Å²) in [6, 6.07) is 19.2. The number of hydrogen-bond acceptors (Lipinski definition) is 4. The molecule has 22 heavy (non-hydrogen) atoms. The molecule has 0 atom stereocenters. The van der Waals surface area contributed by atoms with Crippen LogP contribution in [0.4, 0.5) is 0 Å². The van der Waals surface area contributed by atoms with Crippen molar-refractivity contribution in [3.05, 3.63) is 66.1 Å². The molecular weight excluding hydrogens is 276 g/mol. The number of ether oxygens (including phenoxy) is 1. The minimum atomic E-state index is 0.254. The summed E-state index contributed by atoms with van der Waals surface area (Å²) in [5, 5.41) is 8.75. The van der Waals surface area contributed by atoms with Gasteiger partial charge < -0.3 is 9.15 Å². The molecule has 3 aromatic rings. The molecule has 0 aliphatic rings. The van der Waals surface area contributed by atoms with Crippen LogP contribution in [0.3, 0.4) is 0 Å². The molecule has 0 aliphatic carbocycles. The fourth-order valence-corrected chi connectivity index (χ4v) is 2.08. The van der Waals surface area contributed by atoms with Crippen molar-refractivity contribution >= 4 is 0 Å². The topological polar surface area (TPSA) is 59.1 Å². The minimum Gasteiger partial charge on any atom is -0.457 e. The Morgan fingerprint density at radius 1 is 1.05 bits per heavy atom. The molecule has 4 nitrogen and oxygen atoms in total. The molecule has 0 bridgehead atoms. The average molecular weight is 290 g/mol. The fraction of sp³-hybridized carbons (Fsp3) is 0.111. The lowest BCUT2D eigenvalue weighted by Gasteiger charge is -2.05. The zero-order valence-corrected chi connectivity index (χ0v) is 12.1. The summed E-state index contributed by atoms with van der Waals surface area (Å²) in [5.74, 6) is 2.74. The second-order valence-electron chi connectivity index (χ2n) is 4.80. The number of nitrogens with zero attached hydrogens (tertiary/aromatic N) is 2. The first-order valence-electron chi connectivity index (χ1n) is 6.93. The van der Waals surface area contributed by atoms with E-state index in [-0.39, 0.29) is 6.42 Å². The zero-order valence-electron chi connectivity index (χ0n) is 12.1. The Hall–Kier alpha value is -3.06. The van der Waals surface area contributed by atoms with Crippen molar-refractivity contribution in [3.8, 4) is 29.0 Å². The van der Waals surface area contributed by atoms with E-state index in [9.17, 15) is 0 Å². The number of aryl methyl sites for hydroxylation is 1. The highest BCUT2D eigenvalue weighted by atomic mass is 16.5. The normalized spacial score (nSPS) is 10.2. The molecule has 0 amide bonds. The van der Waals surface area contributed by atoms with E-state index in [0.717, 1.165) is 17.1 Å². The molecule has 0 aliphatic heterocycles. The van der Waals surface area contributed by atoms with E-state index in [1.54, 1.807) is 0 Å². The molecule has 3 rings (SSSR count). The number of aromatic nitrogens is 1. The van der Waals surface area contributed by atoms with Gasteiger partial charge in [-0.05, 0) is 43.3 Å². The van der Waals surface area contributed by atoms with Gasteiger partial charge in [-0.15, -0.1) is 0 Å². The van der Waals surface area contributed by atoms with Crippen LogP contribution in [0.25, 0.3) is 11.5 Å². The molecule has 0 saturated carbocycles. The average Bonchev–Trinajstić information content (AvgIpc) is 2.91. The van der Waals surface area contributed by atoms with Crippen molar-refractivity contribution < 1.29 is 9.15 Å². The first-order chi connectivity index (χ1) is 10.8. The predicted octanol–water partition coefficient (Wildman–Crippen LogP) is 4.51. The number of benzene rings is 2. The third kappa shape index (κ3) is 2.99. The fourth-order valence-electron chi connectivity index (χ4n) is 2.08. The Morgan fingerprint density at radius 2 is 1.73 bits per heavy atom. The van der Waals surface area contributed by atoms with Crippen LogP contribution < -0.4 is 4.74 Å². The van der Waals surface area contributed by atoms with Crippen LogP contribution in [0.15, 0.2) is 59.0 Å². The van der Waals surface area contributed by atoms with Gasteiger partial charge in [-0.1, -0.05) is 18.2 Å². The largest absolute Gasteiger partial charge is 0.457 e. The Morgan fingerprint density at radius 3 is 2.41 bits per heavy atom. The Balaban J connectivity index is 1.79. The SMILES string of the molecule is Cc1oc(-c2ccc(Oc3ccccc3)cc2)nc1CC#N. The van der Waals surface area contributed by atoms with E-state index in [0.29, 0.717) is 17.3 Å². The smallest absolute Gasteiger partial charge is 0.226 e. The van der Waals surface area contributed by atoms with Gasteiger partial charge in [-0.3, -0.25) is 0 Å². The van der Waals surface area contributed by atoms with E-state index in [2.05, 4.69) is 11.1 Å². The van der Waals surface area contributed by atoms with Crippen LogP contribution in [-0.2, 0) is 6.42 Å². The Kier molecular flexibility index (Phi) is 3.88. The van der Waals surface area contributed by atoms with Crippen molar-refractivity contribution in [2.24, 2.45) is 0 Å². The first kappa shape index (κ1) is 13.9. The van der Waals surface area contributed by atoms with Gasteiger partial charge in [0.1, 0.15) is 17.3 Å². The van der Waals surface area contributed by atoms with E-state index < -0.39 is 0 Å². The maximum atomic E-state index is 8.75. The highest BCUT2D eigenvalue weighted by Crippen LogP contribution is 2.26. The van der Waals surface area contributed by atoms with Crippen molar-refractivity contribution in [3.63, 3.8) is 0 Å². The highest BCUT2D eigenvalue weighted by Gasteiger charge is 2.11. The summed E-state index contributed by atoms with van der Waals surface area (Å²) < 4.78 is 11.4. The monoisotopic (exact) mass is 290 g/mol. The molecule has 4 heteroatoms. The summed E-state index contributed by atoms with van der Waals surface area (Å²) in [7, 11) is 0. The van der Waals surface area contributed by atoms with Gasteiger partial charge in [0.05, 0.1) is 18.2 Å². The molecular formula is C18H14N2O2. The molecule has 0 N–H and O–H groups in total. The molecule has 2 aromatic carbocycles. The van der Waals surface area contributed by atoms with E-state index in [1.165, 1.54) is 0 Å². The maximum absolute atomic E-state index is 8.75. The standard InChI is InChI=1S/C18H14N2O2/c1-13-17(11-12-19)20-18(21-13)14-7-9-16(10-8-14)22-15-5-3-2-4-6-15/h2-10H,11H2,1H3. The first-order valence-corrected chi connectivity index (χ1v) is 6.93. The maximum Gasteiger partial charge on any atom is 0.226 e. The quantitative estimate of drug-likeness (QED) is 0.709. The van der Waals surface area contributed by atoms with Gasteiger partial charge in [-0.2, -0.15) is 5.26 Å². The molecule has 108 valence electrons. The summed E-state index contributed by atoms with van der Waals surface area (Å²) in [6.45, 7) is 1.82. The van der Waals surface area contributed by atoms with E-state index >= 15 is 0 Å². The van der Waals surface area contributed by atoms with Gasteiger partial charge in [0, 0.05) is 5.56 Å². The molecule has 0 fully saturated rings. The third-order valence-electron chi connectivity index (χ3n) is 3.22. The molecule has 0 unspecified atom stereocenters. The van der Waals surface area contributed by atoms with Crippen LogP contribution in [0.5, 0.6) is 11.5 Å².